The molecule has 0 radical (unpaired) electrons. The largest absolute Gasteiger partial charge is 0.382 e. The molecule has 1 aromatic heterocycles. The Morgan fingerprint density at radius 3 is 2.29 bits per heavy atom. The van der Waals surface area contributed by atoms with E-state index in [1.807, 2.05) is 20.8 Å². The number of nitrogens with one attached hydrogen (secondary N) is 2. The third kappa shape index (κ3) is 4.89. The first kappa shape index (κ1) is 17.2. The van der Waals surface area contributed by atoms with Crippen molar-refractivity contribution in [3.8, 4) is 0 Å². The molecule has 7 nitrogen and oxygen atoms in total. The lowest BCUT2D eigenvalue weighted by molar-refractivity contribution is -0.120. The molecule has 0 saturated carbocycles. The topological polar surface area (TPSA) is 123 Å². The van der Waals surface area contributed by atoms with Gasteiger partial charge in [0.1, 0.15) is 16.7 Å². The van der Waals surface area contributed by atoms with Crippen molar-refractivity contribution in [1.29, 1.82) is 0 Å². The zero-order valence-electron chi connectivity index (χ0n) is 13.0. The van der Waals surface area contributed by atoms with Crippen LogP contribution in [-0.2, 0) is 4.79 Å². The first-order valence-corrected chi connectivity index (χ1v) is 7.47. The van der Waals surface area contributed by atoms with Gasteiger partial charge < -0.3 is 22.1 Å². The van der Waals surface area contributed by atoms with Gasteiger partial charge >= 0.3 is 0 Å². The predicted molar refractivity (Wildman–Crippen MR) is 85.2 cm³/mol. The molecule has 0 fully saturated rings. The maximum absolute atomic E-state index is 12.2. The Labute approximate surface area is 128 Å². The van der Waals surface area contributed by atoms with Gasteiger partial charge in [-0.25, -0.2) is 4.98 Å². The van der Waals surface area contributed by atoms with Crippen molar-refractivity contribution >= 4 is 34.1 Å². The Kier molecular flexibility index (Phi) is 5.16. The van der Waals surface area contributed by atoms with Gasteiger partial charge in [0.05, 0.1) is 0 Å². The number of anilines is 2. The first-order chi connectivity index (χ1) is 9.51. The van der Waals surface area contributed by atoms with Crippen LogP contribution in [0.25, 0.3) is 0 Å². The van der Waals surface area contributed by atoms with E-state index in [4.69, 9.17) is 11.5 Å². The molecule has 1 unspecified atom stereocenters. The number of thiazole rings is 1. The number of hydrogen-bond acceptors (Lipinski definition) is 6. The molecule has 1 atom stereocenters. The van der Waals surface area contributed by atoms with E-state index in [1.54, 1.807) is 13.8 Å². The molecule has 1 heterocycles. The van der Waals surface area contributed by atoms with Crippen LogP contribution in [0.2, 0.25) is 0 Å². The highest BCUT2D eigenvalue weighted by Gasteiger charge is 2.25. The zero-order chi connectivity index (χ0) is 16.4. The number of aromatic nitrogens is 1. The molecular formula is C13H23N5O2S. The van der Waals surface area contributed by atoms with Gasteiger partial charge in [0.2, 0.25) is 5.91 Å². The van der Waals surface area contributed by atoms with Crippen LogP contribution in [0.3, 0.4) is 0 Å². The Bertz CT molecular complexity index is 533. The molecule has 2 amide bonds. The maximum Gasteiger partial charge on any atom is 0.265 e. The van der Waals surface area contributed by atoms with Crippen LogP contribution in [0.1, 0.15) is 44.3 Å². The van der Waals surface area contributed by atoms with E-state index < -0.39 is 17.9 Å². The lowest BCUT2D eigenvalue weighted by Crippen LogP contribution is -2.47. The fourth-order valence-electron chi connectivity index (χ4n) is 1.64. The lowest BCUT2D eigenvalue weighted by Gasteiger charge is -2.19. The summed E-state index contributed by atoms with van der Waals surface area (Å²) in [6, 6.07) is -0.738. The molecule has 0 saturated heterocycles. The number of nitrogens with zero attached hydrogens (tertiary/aromatic N) is 1. The summed E-state index contributed by atoms with van der Waals surface area (Å²) in [7, 11) is 0. The smallest absolute Gasteiger partial charge is 0.265 e. The highest BCUT2D eigenvalue weighted by molar-refractivity contribution is 7.18. The van der Waals surface area contributed by atoms with Gasteiger partial charge in [-0.15, -0.1) is 0 Å². The molecule has 0 aliphatic carbocycles. The molecular weight excluding hydrogens is 290 g/mol. The van der Waals surface area contributed by atoms with Crippen LogP contribution in [0.15, 0.2) is 0 Å². The van der Waals surface area contributed by atoms with Gasteiger partial charge in [-0.05, 0) is 26.7 Å². The van der Waals surface area contributed by atoms with E-state index >= 15 is 0 Å². The van der Waals surface area contributed by atoms with Crippen LogP contribution in [0.5, 0.6) is 0 Å². The molecule has 21 heavy (non-hydrogen) atoms. The zero-order valence-corrected chi connectivity index (χ0v) is 13.8. The van der Waals surface area contributed by atoms with Gasteiger partial charge in [-0.2, -0.15) is 0 Å². The quantitative estimate of drug-likeness (QED) is 0.650. The highest BCUT2D eigenvalue weighted by Crippen LogP contribution is 2.27. The number of rotatable bonds is 5. The molecule has 0 spiro atoms. The van der Waals surface area contributed by atoms with Gasteiger partial charge in [0.15, 0.2) is 5.13 Å². The summed E-state index contributed by atoms with van der Waals surface area (Å²) in [6.07, 6.45) is 0. The minimum Gasteiger partial charge on any atom is -0.382 e. The monoisotopic (exact) mass is 313 g/mol. The van der Waals surface area contributed by atoms with Crippen molar-refractivity contribution in [3.05, 3.63) is 4.88 Å². The van der Waals surface area contributed by atoms with Crippen molar-refractivity contribution in [1.82, 2.24) is 10.3 Å². The van der Waals surface area contributed by atoms with E-state index in [0.29, 0.717) is 5.13 Å². The van der Waals surface area contributed by atoms with Crippen molar-refractivity contribution in [2.75, 3.05) is 11.1 Å². The van der Waals surface area contributed by atoms with Crippen LogP contribution in [0, 0.1) is 5.92 Å². The van der Waals surface area contributed by atoms with E-state index in [1.165, 1.54) is 0 Å². The molecule has 0 aliphatic heterocycles. The summed E-state index contributed by atoms with van der Waals surface area (Å²) in [6.45, 7) is 9.54. The summed E-state index contributed by atoms with van der Waals surface area (Å²) < 4.78 is 0. The minimum atomic E-state index is -0.738. The third-order valence-corrected chi connectivity index (χ3v) is 3.59. The Morgan fingerprint density at radius 1 is 1.29 bits per heavy atom. The molecule has 0 aromatic carbocycles. The SMILES string of the molecule is CC(C)C(NC(=O)c1sc(NC(C)(C)C)nc1N)C(N)=O. The molecule has 118 valence electrons. The lowest BCUT2D eigenvalue weighted by atomic mass is 10.0. The van der Waals surface area contributed by atoms with Gasteiger partial charge in [-0.1, -0.05) is 25.2 Å². The third-order valence-electron chi connectivity index (χ3n) is 2.60. The second-order valence-corrected chi connectivity index (χ2v) is 7.20. The number of nitrogen functional groups attached to an aromatic ring is 1. The average Bonchev–Trinajstić information content (AvgIpc) is 2.63. The van der Waals surface area contributed by atoms with Gasteiger partial charge in [0, 0.05) is 5.54 Å². The fourth-order valence-corrected chi connectivity index (χ4v) is 2.64. The Balaban J connectivity index is 2.90. The van der Waals surface area contributed by atoms with E-state index in [9.17, 15) is 9.59 Å². The number of hydrogen-bond donors (Lipinski definition) is 4. The molecule has 0 bridgehead atoms. The standard InChI is InChI=1S/C13H23N5O2S/c1-6(2)7(10(15)19)16-11(20)8-9(14)17-12(21-8)18-13(3,4)5/h6-7H,14H2,1-5H3,(H2,15,19)(H,16,20)(H,17,18). The minimum absolute atomic E-state index is 0.104. The molecule has 1 rings (SSSR count). The number of carbonyl (C=O) groups is 2. The normalized spacial score (nSPS) is 13.0. The van der Waals surface area contributed by atoms with E-state index in [0.717, 1.165) is 11.3 Å². The fraction of sp³-hybridized carbons (Fsp3) is 0.615. The Hall–Kier alpha value is -1.83. The maximum atomic E-state index is 12.2. The first-order valence-electron chi connectivity index (χ1n) is 6.66. The van der Waals surface area contributed by atoms with Gasteiger partial charge in [-0.3, -0.25) is 9.59 Å². The summed E-state index contributed by atoms with van der Waals surface area (Å²) in [5, 5.41) is 6.31. The van der Waals surface area contributed by atoms with E-state index in [2.05, 4.69) is 15.6 Å². The van der Waals surface area contributed by atoms with Gasteiger partial charge in [0.25, 0.3) is 5.91 Å². The van der Waals surface area contributed by atoms with Crippen LogP contribution in [0.4, 0.5) is 10.9 Å². The molecule has 8 heteroatoms. The highest BCUT2D eigenvalue weighted by atomic mass is 32.1. The summed E-state index contributed by atoms with van der Waals surface area (Å²) >= 11 is 1.15. The summed E-state index contributed by atoms with van der Waals surface area (Å²) in [5.74, 6) is -0.983. The van der Waals surface area contributed by atoms with Crippen LogP contribution in [-0.4, -0.2) is 28.4 Å². The molecule has 1 aromatic rings. The van der Waals surface area contributed by atoms with Crippen LogP contribution < -0.4 is 22.1 Å². The number of carbonyl (C=O) groups excluding carboxylic acids is 2. The van der Waals surface area contributed by atoms with Crippen molar-refractivity contribution in [2.45, 2.75) is 46.2 Å². The average molecular weight is 313 g/mol. The van der Waals surface area contributed by atoms with E-state index in [-0.39, 0.29) is 22.2 Å². The molecule has 6 N–H and O–H groups in total. The number of amides is 2. The molecule has 0 aliphatic rings. The van der Waals surface area contributed by atoms with Crippen molar-refractivity contribution in [2.24, 2.45) is 11.7 Å². The second-order valence-electron chi connectivity index (χ2n) is 6.21. The summed E-state index contributed by atoms with van der Waals surface area (Å²) in [4.78, 5) is 27.9. The number of nitrogens with two attached hydrogens (primary N) is 2. The van der Waals surface area contributed by atoms with Crippen molar-refractivity contribution < 1.29 is 9.59 Å². The predicted octanol–water partition coefficient (Wildman–Crippen LogP) is 1.18. The second kappa shape index (κ2) is 6.30. The van der Waals surface area contributed by atoms with Crippen molar-refractivity contribution in [3.63, 3.8) is 0 Å². The Morgan fingerprint density at radius 2 is 1.86 bits per heavy atom. The number of primary amides is 1. The summed E-state index contributed by atoms with van der Waals surface area (Å²) in [5.41, 5.74) is 10.9. The van der Waals surface area contributed by atoms with Crippen LogP contribution >= 0.6 is 11.3 Å².